The Hall–Kier alpha value is -1.43. The number of rotatable bonds is 7. The first-order chi connectivity index (χ1) is 13.5. The van der Waals surface area contributed by atoms with Crippen LogP contribution in [0.25, 0.3) is 0 Å². The number of carbonyl (C=O) groups excluding carboxylic acids is 1. The summed E-state index contributed by atoms with van der Waals surface area (Å²) in [6.45, 7) is 5.82. The van der Waals surface area contributed by atoms with E-state index < -0.39 is 0 Å². The molecule has 0 bridgehead atoms. The van der Waals surface area contributed by atoms with Gasteiger partial charge in [0.15, 0.2) is 0 Å². The molecule has 3 rings (SSSR count). The molecule has 1 amide bonds. The van der Waals surface area contributed by atoms with Crippen molar-refractivity contribution in [3.63, 3.8) is 0 Å². The van der Waals surface area contributed by atoms with Crippen molar-refractivity contribution in [3.8, 4) is 0 Å². The topological polar surface area (TPSA) is 55.8 Å². The number of hydrogen-bond donors (Lipinski definition) is 2. The average Bonchev–Trinajstić information content (AvgIpc) is 2.71. The highest BCUT2D eigenvalue weighted by atomic mass is 16.3. The fraction of sp³-hybridized carbons (Fsp3) is 0.696. The van der Waals surface area contributed by atoms with Gasteiger partial charge in [-0.25, -0.2) is 0 Å². The van der Waals surface area contributed by atoms with Gasteiger partial charge in [0.05, 0.1) is 12.1 Å². The van der Waals surface area contributed by atoms with E-state index in [1.54, 1.807) is 0 Å². The highest BCUT2D eigenvalue weighted by Crippen LogP contribution is 2.25. The van der Waals surface area contributed by atoms with Crippen molar-refractivity contribution in [3.05, 3.63) is 35.9 Å². The van der Waals surface area contributed by atoms with E-state index >= 15 is 0 Å². The van der Waals surface area contributed by atoms with Crippen molar-refractivity contribution in [2.24, 2.45) is 5.92 Å². The van der Waals surface area contributed by atoms with Crippen LogP contribution in [0.5, 0.6) is 0 Å². The molecular formula is C23H37N3O2. The molecule has 1 saturated carbocycles. The molecule has 2 N–H and O–H groups in total. The number of piperidine rings is 1. The molecule has 28 heavy (non-hydrogen) atoms. The number of likely N-dealkylation sites (N-methyl/N-ethyl adjacent to an activating group) is 1. The van der Waals surface area contributed by atoms with Crippen LogP contribution in [0, 0.1) is 5.92 Å². The summed E-state index contributed by atoms with van der Waals surface area (Å²) in [5.74, 6) is 0.421. The van der Waals surface area contributed by atoms with Gasteiger partial charge in [0.2, 0.25) is 5.91 Å². The minimum Gasteiger partial charge on any atom is -0.393 e. The SMILES string of the molecule is C[C@H](C(=O)NC1CCN(Cc2ccccc2)CC1)N(C)C[C@H]1CCCC[C@H]1O. The fourth-order valence-corrected chi connectivity index (χ4v) is 4.53. The van der Waals surface area contributed by atoms with E-state index in [0.717, 1.165) is 58.3 Å². The summed E-state index contributed by atoms with van der Waals surface area (Å²) in [6, 6.07) is 10.7. The van der Waals surface area contributed by atoms with Crippen molar-refractivity contribution in [1.82, 2.24) is 15.1 Å². The lowest BCUT2D eigenvalue weighted by Crippen LogP contribution is -2.51. The summed E-state index contributed by atoms with van der Waals surface area (Å²) < 4.78 is 0. The maximum absolute atomic E-state index is 12.7. The summed E-state index contributed by atoms with van der Waals surface area (Å²) in [7, 11) is 2.01. The lowest BCUT2D eigenvalue weighted by molar-refractivity contribution is -0.127. The number of aliphatic hydroxyl groups excluding tert-OH is 1. The smallest absolute Gasteiger partial charge is 0.237 e. The highest BCUT2D eigenvalue weighted by Gasteiger charge is 2.29. The third kappa shape index (κ3) is 6.03. The van der Waals surface area contributed by atoms with Gasteiger partial charge >= 0.3 is 0 Å². The highest BCUT2D eigenvalue weighted by molar-refractivity contribution is 5.81. The van der Waals surface area contributed by atoms with Gasteiger partial charge in [-0.2, -0.15) is 0 Å². The summed E-state index contributed by atoms with van der Waals surface area (Å²) in [5, 5.41) is 13.5. The van der Waals surface area contributed by atoms with Crippen LogP contribution in [-0.4, -0.2) is 65.7 Å². The molecule has 1 aromatic rings. The molecule has 1 aromatic carbocycles. The van der Waals surface area contributed by atoms with Crippen molar-refractivity contribution < 1.29 is 9.90 Å². The molecule has 1 heterocycles. The molecule has 5 nitrogen and oxygen atoms in total. The van der Waals surface area contributed by atoms with E-state index in [1.165, 1.54) is 12.0 Å². The molecule has 2 fully saturated rings. The predicted octanol–water partition coefficient (Wildman–Crippen LogP) is 2.64. The van der Waals surface area contributed by atoms with Gasteiger partial charge in [0.25, 0.3) is 0 Å². The van der Waals surface area contributed by atoms with Gasteiger partial charge in [-0.05, 0) is 51.1 Å². The second-order valence-corrected chi connectivity index (χ2v) is 8.77. The van der Waals surface area contributed by atoms with Gasteiger partial charge in [0.1, 0.15) is 0 Å². The van der Waals surface area contributed by atoms with Crippen LogP contribution in [0.4, 0.5) is 0 Å². The molecule has 0 spiro atoms. The third-order valence-corrected chi connectivity index (χ3v) is 6.62. The first kappa shape index (κ1) is 21.3. The summed E-state index contributed by atoms with van der Waals surface area (Å²) in [6.07, 6.45) is 6.10. The number of nitrogens with zero attached hydrogens (tertiary/aromatic N) is 2. The quantitative estimate of drug-likeness (QED) is 0.755. The average molecular weight is 388 g/mol. The van der Waals surface area contributed by atoms with Crippen molar-refractivity contribution in [1.29, 1.82) is 0 Å². The van der Waals surface area contributed by atoms with E-state index in [0.29, 0.717) is 5.92 Å². The summed E-state index contributed by atoms with van der Waals surface area (Å²) in [4.78, 5) is 17.3. The number of amides is 1. The number of aliphatic hydroxyl groups is 1. The van der Waals surface area contributed by atoms with Crippen molar-refractivity contribution in [2.45, 2.75) is 70.2 Å². The lowest BCUT2D eigenvalue weighted by atomic mass is 9.86. The molecular weight excluding hydrogens is 350 g/mol. The molecule has 3 atom stereocenters. The number of hydrogen-bond acceptors (Lipinski definition) is 4. The minimum absolute atomic E-state index is 0.120. The van der Waals surface area contributed by atoms with Crippen LogP contribution in [0.15, 0.2) is 30.3 Å². The Morgan fingerprint density at radius 3 is 2.54 bits per heavy atom. The predicted molar refractivity (Wildman–Crippen MR) is 113 cm³/mol. The first-order valence-corrected chi connectivity index (χ1v) is 11.0. The molecule has 2 aliphatic rings. The van der Waals surface area contributed by atoms with Crippen LogP contribution in [0.1, 0.15) is 51.0 Å². The molecule has 1 saturated heterocycles. The lowest BCUT2D eigenvalue weighted by Gasteiger charge is -2.35. The molecule has 5 heteroatoms. The Kier molecular flexibility index (Phi) is 7.89. The standard InChI is InChI=1S/C23H37N3O2/c1-18(25(2)17-20-10-6-7-11-22(20)27)23(28)24-21-12-14-26(15-13-21)16-19-8-4-3-5-9-19/h3-5,8-9,18,20-22,27H,6-7,10-17H2,1-2H3,(H,24,28)/t18-,20-,22-/m1/s1. The van der Waals surface area contributed by atoms with E-state index in [-0.39, 0.29) is 24.1 Å². The Labute approximate surface area is 170 Å². The zero-order chi connectivity index (χ0) is 19.9. The maximum Gasteiger partial charge on any atom is 0.237 e. The zero-order valence-corrected chi connectivity index (χ0v) is 17.5. The van der Waals surface area contributed by atoms with Gasteiger partial charge in [-0.1, -0.05) is 43.2 Å². The first-order valence-electron chi connectivity index (χ1n) is 11.0. The van der Waals surface area contributed by atoms with Gasteiger partial charge in [-0.3, -0.25) is 14.6 Å². The van der Waals surface area contributed by atoms with Crippen LogP contribution in [0.3, 0.4) is 0 Å². The largest absolute Gasteiger partial charge is 0.393 e. The van der Waals surface area contributed by atoms with Crippen molar-refractivity contribution in [2.75, 3.05) is 26.7 Å². The third-order valence-electron chi connectivity index (χ3n) is 6.62. The summed E-state index contributed by atoms with van der Waals surface area (Å²) >= 11 is 0. The minimum atomic E-state index is -0.208. The second-order valence-electron chi connectivity index (χ2n) is 8.77. The number of likely N-dealkylation sites (tertiary alicyclic amines) is 1. The number of nitrogens with one attached hydrogen (secondary N) is 1. The van der Waals surface area contributed by atoms with E-state index in [2.05, 4.69) is 45.4 Å². The Morgan fingerprint density at radius 1 is 1.18 bits per heavy atom. The molecule has 0 aromatic heterocycles. The Bertz CT molecular complexity index is 601. The fourth-order valence-electron chi connectivity index (χ4n) is 4.53. The molecule has 156 valence electrons. The monoisotopic (exact) mass is 387 g/mol. The van der Waals surface area contributed by atoms with Gasteiger partial charge < -0.3 is 10.4 Å². The van der Waals surface area contributed by atoms with Crippen LogP contribution < -0.4 is 5.32 Å². The molecule has 0 unspecified atom stereocenters. The molecule has 0 radical (unpaired) electrons. The van der Waals surface area contributed by atoms with Crippen LogP contribution in [0.2, 0.25) is 0 Å². The normalized spacial score (nSPS) is 25.6. The molecule has 1 aliphatic carbocycles. The van der Waals surface area contributed by atoms with Crippen molar-refractivity contribution >= 4 is 5.91 Å². The maximum atomic E-state index is 12.7. The molecule has 1 aliphatic heterocycles. The van der Waals surface area contributed by atoms with Crippen LogP contribution >= 0.6 is 0 Å². The van der Waals surface area contributed by atoms with Gasteiger partial charge in [-0.15, -0.1) is 0 Å². The van der Waals surface area contributed by atoms with E-state index in [1.807, 2.05) is 14.0 Å². The second kappa shape index (κ2) is 10.4. The summed E-state index contributed by atoms with van der Waals surface area (Å²) in [5.41, 5.74) is 1.35. The number of benzene rings is 1. The van der Waals surface area contributed by atoms with E-state index in [9.17, 15) is 9.90 Å². The number of carbonyl (C=O) groups is 1. The van der Waals surface area contributed by atoms with E-state index in [4.69, 9.17) is 0 Å². The zero-order valence-electron chi connectivity index (χ0n) is 17.5. The Morgan fingerprint density at radius 2 is 1.86 bits per heavy atom. The van der Waals surface area contributed by atoms with Crippen LogP contribution in [-0.2, 0) is 11.3 Å². The van der Waals surface area contributed by atoms with Gasteiger partial charge in [0, 0.05) is 32.2 Å². The Balaban J connectivity index is 1.39.